The molecule has 0 aliphatic heterocycles. The summed E-state index contributed by atoms with van der Waals surface area (Å²) in [5.74, 6) is 0.331. The molecule has 0 atom stereocenters. The van der Waals surface area contributed by atoms with Gasteiger partial charge in [0.25, 0.3) is 5.56 Å². The van der Waals surface area contributed by atoms with E-state index in [2.05, 4.69) is 9.84 Å². The number of nitrogens with zero attached hydrogens (tertiary/aromatic N) is 1. The zero-order valence-corrected chi connectivity index (χ0v) is 13.0. The molecule has 3 aromatic rings. The van der Waals surface area contributed by atoms with E-state index in [1.807, 2.05) is 0 Å². The van der Waals surface area contributed by atoms with Gasteiger partial charge in [-0.3, -0.25) is 9.89 Å². The lowest BCUT2D eigenvalue weighted by molar-refractivity contribution is -0.274. The van der Waals surface area contributed by atoms with Gasteiger partial charge in [-0.1, -0.05) is 0 Å². The van der Waals surface area contributed by atoms with E-state index in [1.54, 1.807) is 31.4 Å². The van der Waals surface area contributed by atoms with E-state index in [0.717, 1.165) is 17.7 Å². The maximum atomic E-state index is 12.2. The summed E-state index contributed by atoms with van der Waals surface area (Å²) in [6.45, 7) is 0. The summed E-state index contributed by atoms with van der Waals surface area (Å²) in [6.07, 6.45) is -4.76. The number of hydrogen-bond donors (Lipinski definition) is 1. The molecule has 1 N–H and O–H groups in total. The third kappa shape index (κ3) is 3.85. The lowest BCUT2D eigenvalue weighted by atomic mass is 10.1. The second-order valence-electron chi connectivity index (χ2n) is 5.11. The van der Waals surface area contributed by atoms with Crippen molar-refractivity contribution in [2.24, 2.45) is 0 Å². The van der Waals surface area contributed by atoms with Gasteiger partial charge in [-0.05, 0) is 54.1 Å². The molecule has 0 spiro atoms. The molecule has 1 aromatic heterocycles. The molecule has 130 valence electrons. The first-order valence-electron chi connectivity index (χ1n) is 7.18. The molecule has 1 heterocycles. The third-order valence-electron chi connectivity index (χ3n) is 3.45. The van der Waals surface area contributed by atoms with Crippen LogP contribution in [0.5, 0.6) is 11.5 Å². The van der Waals surface area contributed by atoms with Crippen LogP contribution >= 0.6 is 0 Å². The Bertz CT molecular complexity index is 910. The normalized spacial score (nSPS) is 11.4. The highest BCUT2D eigenvalue weighted by molar-refractivity contribution is 5.60. The number of alkyl halides is 3. The number of methoxy groups -OCH3 is 1. The van der Waals surface area contributed by atoms with Crippen molar-refractivity contribution in [2.75, 3.05) is 7.11 Å². The highest BCUT2D eigenvalue weighted by Gasteiger charge is 2.31. The zero-order chi connectivity index (χ0) is 18.0. The number of halogens is 3. The summed E-state index contributed by atoms with van der Waals surface area (Å²) < 4.78 is 46.7. The van der Waals surface area contributed by atoms with Gasteiger partial charge < -0.3 is 9.47 Å². The largest absolute Gasteiger partial charge is 0.573 e. The minimum Gasteiger partial charge on any atom is -0.497 e. The number of ether oxygens (including phenoxy) is 2. The maximum absolute atomic E-state index is 12.2. The minimum absolute atomic E-state index is 0.338. The van der Waals surface area contributed by atoms with Crippen molar-refractivity contribution in [2.45, 2.75) is 6.36 Å². The Balaban J connectivity index is 1.88. The number of nitrogens with one attached hydrogen (secondary N) is 1. The predicted octanol–water partition coefficient (Wildman–Crippen LogP) is 3.74. The van der Waals surface area contributed by atoms with Crippen LogP contribution in [-0.4, -0.2) is 23.3 Å². The first-order chi connectivity index (χ1) is 11.9. The van der Waals surface area contributed by atoms with Gasteiger partial charge in [-0.2, -0.15) is 0 Å². The van der Waals surface area contributed by atoms with Gasteiger partial charge in [0.05, 0.1) is 18.5 Å². The zero-order valence-electron chi connectivity index (χ0n) is 13.0. The van der Waals surface area contributed by atoms with Crippen LogP contribution in [0, 0.1) is 0 Å². The molecule has 0 aliphatic rings. The Hall–Kier alpha value is -3.16. The smallest absolute Gasteiger partial charge is 0.497 e. The molecule has 0 saturated carbocycles. The van der Waals surface area contributed by atoms with Gasteiger partial charge in [0, 0.05) is 6.07 Å². The fraction of sp³-hybridized carbons (Fsp3) is 0.118. The van der Waals surface area contributed by atoms with Crippen LogP contribution in [0.2, 0.25) is 0 Å². The van der Waals surface area contributed by atoms with Crippen LogP contribution in [-0.2, 0) is 0 Å². The van der Waals surface area contributed by atoms with E-state index in [9.17, 15) is 18.0 Å². The molecule has 5 nitrogen and oxygen atoms in total. The molecular weight excluding hydrogens is 337 g/mol. The molecule has 0 aliphatic carbocycles. The number of aromatic amines is 1. The molecule has 0 bridgehead atoms. The van der Waals surface area contributed by atoms with Crippen molar-refractivity contribution in [3.05, 3.63) is 65.0 Å². The van der Waals surface area contributed by atoms with Crippen molar-refractivity contribution in [1.82, 2.24) is 9.78 Å². The Morgan fingerprint density at radius 2 is 1.56 bits per heavy atom. The summed E-state index contributed by atoms with van der Waals surface area (Å²) in [4.78, 5) is 12.1. The summed E-state index contributed by atoms with van der Waals surface area (Å²) >= 11 is 0. The van der Waals surface area contributed by atoms with Gasteiger partial charge in [0.1, 0.15) is 11.5 Å². The SMILES string of the molecule is COc1ccc(-c2cc(=O)n(-c3ccc(OC(F)(F)F)cc3)[nH]2)cc1. The number of rotatable bonds is 4. The number of H-pyrrole nitrogens is 1. The van der Waals surface area contributed by atoms with Crippen molar-refractivity contribution in [1.29, 1.82) is 0 Å². The first-order valence-corrected chi connectivity index (χ1v) is 7.18. The van der Waals surface area contributed by atoms with E-state index < -0.39 is 6.36 Å². The summed E-state index contributed by atoms with van der Waals surface area (Å²) in [6, 6.07) is 13.5. The maximum Gasteiger partial charge on any atom is 0.573 e. The molecule has 3 rings (SSSR count). The Labute approximate surface area is 140 Å². The lowest BCUT2D eigenvalue weighted by Crippen LogP contribution is -2.17. The minimum atomic E-state index is -4.76. The molecule has 0 saturated heterocycles. The second-order valence-corrected chi connectivity index (χ2v) is 5.11. The van der Waals surface area contributed by atoms with Crippen molar-refractivity contribution in [3.63, 3.8) is 0 Å². The third-order valence-corrected chi connectivity index (χ3v) is 3.45. The van der Waals surface area contributed by atoms with E-state index in [1.165, 1.54) is 22.9 Å². The average molecular weight is 350 g/mol. The average Bonchev–Trinajstić information content (AvgIpc) is 2.96. The van der Waals surface area contributed by atoms with Gasteiger partial charge in [-0.15, -0.1) is 13.2 Å². The molecule has 0 amide bonds. The first kappa shape index (κ1) is 16.7. The van der Waals surface area contributed by atoms with Crippen LogP contribution < -0.4 is 15.0 Å². The molecule has 2 aromatic carbocycles. The second kappa shape index (κ2) is 6.39. The fourth-order valence-electron chi connectivity index (χ4n) is 2.30. The summed E-state index contributed by atoms with van der Waals surface area (Å²) in [5.41, 5.74) is 1.39. The molecule has 8 heteroatoms. The Morgan fingerprint density at radius 3 is 2.12 bits per heavy atom. The Morgan fingerprint density at radius 1 is 0.960 bits per heavy atom. The van der Waals surface area contributed by atoms with Crippen LogP contribution in [0.15, 0.2) is 59.4 Å². The van der Waals surface area contributed by atoms with Crippen molar-refractivity contribution >= 4 is 0 Å². The van der Waals surface area contributed by atoms with Gasteiger partial charge in [-0.25, -0.2) is 4.68 Å². The quantitative estimate of drug-likeness (QED) is 0.780. The van der Waals surface area contributed by atoms with E-state index in [4.69, 9.17) is 4.74 Å². The predicted molar refractivity (Wildman–Crippen MR) is 85.1 cm³/mol. The molecule has 0 radical (unpaired) electrons. The molecule has 25 heavy (non-hydrogen) atoms. The number of hydrogen-bond acceptors (Lipinski definition) is 3. The van der Waals surface area contributed by atoms with Crippen molar-refractivity contribution < 1.29 is 22.6 Å². The highest BCUT2D eigenvalue weighted by Crippen LogP contribution is 2.24. The van der Waals surface area contributed by atoms with Crippen LogP contribution in [0.1, 0.15) is 0 Å². The van der Waals surface area contributed by atoms with Crippen molar-refractivity contribution in [3.8, 4) is 28.4 Å². The summed E-state index contributed by atoms with van der Waals surface area (Å²) in [7, 11) is 1.56. The number of benzene rings is 2. The van der Waals surface area contributed by atoms with E-state index in [0.29, 0.717) is 17.1 Å². The number of aromatic nitrogens is 2. The van der Waals surface area contributed by atoms with E-state index in [-0.39, 0.29) is 11.3 Å². The standard InChI is InChI=1S/C17H13F3N2O3/c1-24-13-6-2-11(3-7-13)15-10-16(23)22(21-15)12-4-8-14(9-5-12)25-17(18,19)20/h2-10,21H,1H3. The topological polar surface area (TPSA) is 56.2 Å². The van der Waals surface area contributed by atoms with Gasteiger partial charge in [0.15, 0.2) is 0 Å². The van der Waals surface area contributed by atoms with Crippen LogP contribution in [0.4, 0.5) is 13.2 Å². The van der Waals surface area contributed by atoms with Gasteiger partial charge in [0.2, 0.25) is 0 Å². The molecular formula is C17H13F3N2O3. The Kier molecular flexibility index (Phi) is 4.26. The van der Waals surface area contributed by atoms with E-state index >= 15 is 0 Å². The molecule has 0 unspecified atom stereocenters. The van der Waals surface area contributed by atoms with Crippen LogP contribution in [0.3, 0.4) is 0 Å². The fourth-order valence-corrected chi connectivity index (χ4v) is 2.30. The monoisotopic (exact) mass is 350 g/mol. The lowest BCUT2D eigenvalue weighted by Gasteiger charge is -2.09. The highest BCUT2D eigenvalue weighted by atomic mass is 19.4. The van der Waals surface area contributed by atoms with Crippen LogP contribution in [0.25, 0.3) is 16.9 Å². The molecule has 0 fully saturated rings. The summed E-state index contributed by atoms with van der Waals surface area (Å²) in [5, 5.41) is 2.92. The van der Waals surface area contributed by atoms with Gasteiger partial charge >= 0.3 is 6.36 Å².